The predicted octanol–water partition coefficient (Wildman–Crippen LogP) is 2.03. The van der Waals surface area contributed by atoms with Crippen LogP contribution in [0.1, 0.15) is 24.4 Å². The third-order valence-corrected chi connectivity index (χ3v) is 5.62. The van der Waals surface area contributed by atoms with E-state index < -0.39 is 22.2 Å². The minimum atomic E-state index is -4.71. The van der Waals surface area contributed by atoms with Crippen molar-refractivity contribution < 1.29 is 21.8 Å². The van der Waals surface area contributed by atoms with E-state index in [-0.39, 0.29) is 12.0 Å². The van der Waals surface area contributed by atoms with Crippen molar-refractivity contribution in [3.05, 3.63) is 35.9 Å². The molecule has 7 heteroatoms. The van der Waals surface area contributed by atoms with Crippen LogP contribution in [-0.2, 0) is 19.9 Å². The molecule has 0 aromatic heterocycles. The topological polar surface area (TPSA) is 55.8 Å². The van der Waals surface area contributed by atoms with Gasteiger partial charge in [-0.25, -0.2) is 0 Å². The zero-order chi connectivity index (χ0) is 15.3. The van der Waals surface area contributed by atoms with Gasteiger partial charge in [-0.15, -0.1) is 0 Å². The molecule has 1 atom stereocenters. The lowest BCUT2D eigenvalue weighted by molar-refractivity contribution is -0.327. The van der Waals surface area contributed by atoms with Crippen LogP contribution in [0.3, 0.4) is 0 Å². The van der Waals surface area contributed by atoms with Gasteiger partial charge in [-0.1, -0.05) is 34.2 Å². The first kappa shape index (κ1) is 14.9. The second-order valence-electron chi connectivity index (χ2n) is 5.84. The summed E-state index contributed by atoms with van der Waals surface area (Å²) >= 11 is 0. The van der Waals surface area contributed by atoms with Gasteiger partial charge in [-0.05, 0) is 5.56 Å². The monoisotopic (exact) mass is 315 g/mol. The highest BCUT2D eigenvalue weighted by Gasteiger charge is 2.69. The predicted molar refractivity (Wildman–Crippen MR) is 74.3 cm³/mol. The van der Waals surface area contributed by atoms with E-state index in [2.05, 4.69) is 0 Å². The van der Waals surface area contributed by atoms with Crippen LogP contribution in [0, 0.1) is 5.41 Å². The van der Waals surface area contributed by atoms with Crippen molar-refractivity contribution in [1.29, 1.82) is 0 Å². The largest absolute Gasteiger partial charge is 0.375 e. The Kier molecular flexibility index (Phi) is 3.36. The molecule has 2 aliphatic rings. The van der Waals surface area contributed by atoms with Crippen molar-refractivity contribution in [3.8, 4) is 0 Å². The van der Waals surface area contributed by atoms with Crippen LogP contribution in [0.5, 0.6) is 0 Å². The summed E-state index contributed by atoms with van der Waals surface area (Å²) in [6.07, 6.45) is 1.11. The van der Waals surface area contributed by atoms with Gasteiger partial charge in [0.25, 0.3) is 0 Å². The standard InChI is InChI=1S/C14H18FNO4S/c1-19-14(20-2)8-13(9-14)10-16(21(15,17)18)12(13)11-6-4-3-5-7-11/h3-7,12H,8-10H2,1-2H3. The Balaban J connectivity index is 1.91. The van der Waals surface area contributed by atoms with Gasteiger partial charge in [0.05, 0.1) is 6.04 Å². The van der Waals surface area contributed by atoms with E-state index in [4.69, 9.17) is 9.47 Å². The second kappa shape index (κ2) is 4.74. The Bertz CT molecular complexity index is 622. The normalized spacial score (nSPS) is 27.1. The molecule has 1 heterocycles. The van der Waals surface area contributed by atoms with Gasteiger partial charge >= 0.3 is 10.4 Å². The summed E-state index contributed by atoms with van der Waals surface area (Å²) in [7, 11) is -1.58. The maximum atomic E-state index is 13.5. The Hall–Kier alpha value is -1.02. The lowest BCUT2D eigenvalue weighted by Gasteiger charge is -2.65. The van der Waals surface area contributed by atoms with Crippen molar-refractivity contribution in [3.63, 3.8) is 0 Å². The van der Waals surface area contributed by atoms with Gasteiger partial charge in [-0.3, -0.25) is 0 Å². The van der Waals surface area contributed by atoms with Crippen LogP contribution in [0.25, 0.3) is 0 Å². The maximum absolute atomic E-state index is 13.5. The number of halogens is 1. The average molecular weight is 315 g/mol. The third kappa shape index (κ3) is 2.19. The van der Waals surface area contributed by atoms with Crippen LogP contribution in [-0.4, -0.2) is 39.3 Å². The summed E-state index contributed by atoms with van der Waals surface area (Å²) < 4.78 is 47.8. The molecule has 1 aromatic carbocycles. The molecule has 1 unspecified atom stereocenters. The summed E-state index contributed by atoms with van der Waals surface area (Å²) in [5.74, 6) is -0.681. The van der Waals surface area contributed by atoms with E-state index in [0.717, 1.165) is 9.87 Å². The molecule has 1 saturated heterocycles. The number of ether oxygens (including phenoxy) is 2. The Morgan fingerprint density at radius 1 is 1.19 bits per heavy atom. The van der Waals surface area contributed by atoms with Gasteiger partial charge in [-0.2, -0.15) is 12.7 Å². The van der Waals surface area contributed by atoms with Gasteiger partial charge in [0, 0.05) is 39.0 Å². The molecule has 2 fully saturated rings. The molecule has 3 rings (SSSR count). The van der Waals surface area contributed by atoms with E-state index in [1.165, 1.54) is 0 Å². The van der Waals surface area contributed by atoms with Crippen molar-refractivity contribution in [2.45, 2.75) is 24.7 Å². The molecule has 0 bridgehead atoms. The highest BCUT2D eigenvalue weighted by molar-refractivity contribution is 7.84. The molecule has 21 heavy (non-hydrogen) atoms. The SMILES string of the molecule is COC1(OC)CC2(CN(S(=O)(=O)F)C2c2ccccc2)C1. The maximum Gasteiger partial charge on any atom is 0.375 e. The summed E-state index contributed by atoms with van der Waals surface area (Å²) in [4.78, 5) is 0. The van der Waals surface area contributed by atoms with Crippen LogP contribution >= 0.6 is 0 Å². The smallest absolute Gasteiger partial charge is 0.353 e. The molecule has 0 amide bonds. The summed E-state index contributed by atoms with van der Waals surface area (Å²) in [5.41, 5.74) is 0.484. The Morgan fingerprint density at radius 3 is 2.24 bits per heavy atom. The first-order chi connectivity index (χ1) is 9.86. The lowest BCUT2D eigenvalue weighted by atomic mass is 9.54. The number of hydrogen-bond donors (Lipinski definition) is 0. The van der Waals surface area contributed by atoms with Gasteiger partial charge in [0.2, 0.25) is 0 Å². The van der Waals surface area contributed by atoms with Crippen LogP contribution in [0.4, 0.5) is 3.89 Å². The number of benzene rings is 1. The van der Waals surface area contributed by atoms with E-state index >= 15 is 0 Å². The quantitative estimate of drug-likeness (QED) is 0.630. The number of nitrogens with zero attached hydrogens (tertiary/aromatic N) is 1. The molecule has 116 valence electrons. The first-order valence-electron chi connectivity index (χ1n) is 6.73. The summed E-state index contributed by atoms with van der Waals surface area (Å²) in [6.45, 7) is 0.167. The molecule has 1 aliphatic heterocycles. The summed E-state index contributed by atoms with van der Waals surface area (Å²) in [6, 6.07) is 8.64. The zero-order valence-electron chi connectivity index (χ0n) is 12.0. The molecule has 0 N–H and O–H groups in total. The molecular formula is C14H18FNO4S. The Labute approximate surface area is 124 Å². The zero-order valence-corrected chi connectivity index (χ0v) is 12.8. The van der Waals surface area contributed by atoms with Crippen molar-refractivity contribution >= 4 is 10.4 Å². The van der Waals surface area contributed by atoms with E-state index in [1.807, 2.05) is 30.3 Å². The molecule has 5 nitrogen and oxygen atoms in total. The van der Waals surface area contributed by atoms with Crippen molar-refractivity contribution in [2.24, 2.45) is 5.41 Å². The first-order valence-corrected chi connectivity index (χ1v) is 8.07. The fourth-order valence-corrected chi connectivity index (χ4v) is 4.75. The van der Waals surface area contributed by atoms with Gasteiger partial charge < -0.3 is 9.47 Å². The van der Waals surface area contributed by atoms with E-state index in [0.29, 0.717) is 12.8 Å². The molecule has 1 aromatic rings. The van der Waals surface area contributed by atoms with Crippen LogP contribution in [0.15, 0.2) is 30.3 Å². The lowest BCUT2D eigenvalue weighted by Crippen LogP contribution is -2.70. The minimum absolute atomic E-state index is 0.167. The van der Waals surface area contributed by atoms with Gasteiger partial charge in [0.15, 0.2) is 5.79 Å². The fraction of sp³-hybridized carbons (Fsp3) is 0.571. The summed E-state index contributed by atoms with van der Waals surface area (Å²) in [5, 5.41) is 0. The third-order valence-electron chi connectivity index (χ3n) is 4.72. The molecule has 0 radical (unpaired) electrons. The van der Waals surface area contributed by atoms with Crippen molar-refractivity contribution in [1.82, 2.24) is 4.31 Å². The molecule has 1 saturated carbocycles. The Morgan fingerprint density at radius 2 is 1.76 bits per heavy atom. The number of rotatable bonds is 4. The van der Waals surface area contributed by atoms with E-state index in [9.17, 15) is 12.3 Å². The number of methoxy groups -OCH3 is 2. The fourth-order valence-electron chi connectivity index (χ4n) is 3.74. The van der Waals surface area contributed by atoms with Crippen molar-refractivity contribution in [2.75, 3.05) is 20.8 Å². The highest BCUT2D eigenvalue weighted by atomic mass is 32.3. The second-order valence-corrected chi connectivity index (χ2v) is 7.13. The molecule has 1 aliphatic carbocycles. The average Bonchev–Trinajstić information content (AvgIpc) is 2.37. The van der Waals surface area contributed by atoms with Crippen LogP contribution < -0.4 is 0 Å². The van der Waals surface area contributed by atoms with Gasteiger partial charge in [0.1, 0.15) is 0 Å². The minimum Gasteiger partial charge on any atom is -0.353 e. The van der Waals surface area contributed by atoms with Crippen LogP contribution in [0.2, 0.25) is 0 Å². The van der Waals surface area contributed by atoms with E-state index in [1.54, 1.807) is 14.2 Å². The molecule has 1 spiro atoms. The highest BCUT2D eigenvalue weighted by Crippen LogP contribution is 2.65. The number of hydrogen-bond acceptors (Lipinski definition) is 4. The molecular weight excluding hydrogens is 297 g/mol.